The normalized spacial score (nSPS) is 14.7. The lowest BCUT2D eigenvalue weighted by atomic mass is 9.93. The van der Waals surface area contributed by atoms with E-state index in [4.69, 9.17) is 9.47 Å². The van der Waals surface area contributed by atoms with Crippen molar-refractivity contribution in [3.8, 4) is 11.6 Å². The quantitative estimate of drug-likeness (QED) is 0.355. The van der Waals surface area contributed by atoms with E-state index < -0.39 is 0 Å². The van der Waals surface area contributed by atoms with Gasteiger partial charge in [-0.2, -0.15) is 0 Å². The number of pyridine rings is 1. The molecule has 1 aliphatic heterocycles. The standard InChI is InChI=1S/C24H33N5O3/c1-25-22(30)16-19-10-12-29(13-11-19)24(26-2)28-18-20-8-9-23(27-17-20)32-15-14-31-21-6-4-3-5-7-21/h3-9,17,19H,10-16,18H2,1-2H3,(H,25,30)(H,26,28). The van der Waals surface area contributed by atoms with Gasteiger partial charge in [-0.25, -0.2) is 4.98 Å². The van der Waals surface area contributed by atoms with Gasteiger partial charge in [0.05, 0.1) is 0 Å². The number of carbonyl (C=O) groups is 1. The third kappa shape index (κ3) is 7.44. The molecular formula is C24H33N5O3. The number of hydrogen-bond acceptors (Lipinski definition) is 5. The average molecular weight is 440 g/mol. The zero-order chi connectivity index (χ0) is 22.6. The first-order valence-corrected chi connectivity index (χ1v) is 11.1. The van der Waals surface area contributed by atoms with Gasteiger partial charge in [0.1, 0.15) is 19.0 Å². The highest BCUT2D eigenvalue weighted by atomic mass is 16.5. The lowest BCUT2D eigenvalue weighted by Crippen LogP contribution is -2.45. The second-order valence-electron chi connectivity index (χ2n) is 7.72. The number of rotatable bonds is 9. The van der Waals surface area contributed by atoms with Gasteiger partial charge in [0.25, 0.3) is 0 Å². The molecule has 8 nitrogen and oxygen atoms in total. The number of aliphatic imine (C=N–C) groups is 1. The second kappa shape index (κ2) is 12.5. The second-order valence-corrected chi connectivity index (χ2v) is 7.72. The van der Waals surface area contributed by atoms with Gasteiger partial charge in [-0.3, -0.25) is 9.79 Å². The Morgan fingerprint density at radius 1 is 1.12 bits per heavy atom. The molecule has 1 aromatic carbocycles. The average Bonchev–Trinajstić information content (AvgIpc) is 2.84. The summed E-state index contributed by atoms with van der Waals surface area (Å²) < 4.78 is 11.3. The van der Waals surface area contributed by atoms with Crippen molar-refractivity contribution in [2.45, 2.75) is 25.8 Å². The number of para-hydroxylation sites is 1. The van der Waals surface area contributed by atoms with Crippen LogP contribution in [0.3, 0.4) is 0 Å². The molecule has 2 N–H and O–H groups in total. The Morgan fingerprint density at radius 2 is 1.88 bits per heavy atom. The molecule has 2 heterocycles. The maximum absolute atomic E-state index is 11.6. The molecule has 8 heteroatoms. The van der Waals surface area contributed by atoms with Crippen molar-refractivity contribution in [2.24, 2.45) is 10.9 Å². The third-order valence-electron chi connectivity index (χ3n) is 5.47. The highest BCUT2D eigenvalue weighted by molar-refractivity contribution is 5.80. The van der Waals surface area contributed by atoms with E-state index in [1.165, 1.54) is 0 Å². The summed E-state index contributed by atoms with van der Waals surface area (Å²) in [6.45, 7) is 3.33. The summed E-state index contributed by atoms with van der Waals surface area (Å²) in [6.07, 6.45) is 4.41. The summed E-state index contributed by atoms with van der Waals surface area (Å²) in [5.74, 6) is 2.85. The van der Waals surface area contributed by atoms with E-state index in [2.05, 4.69) is 25.5 Å². The maximum Gasteiger partial charge on any atom is 0.220 e. The number of amides is 1. The first-order chi connectivity index (χ1) is 15.7. The van der Waals surface area contributed by atoms with Gasteiger partial charge in [0.2, 0.25) is 11.8 Å². The molecule has 0 bridgehead atoms. The molecule has 1 fully saturated rings. The van der Waals surface area contributed by atoms with Crippen LogP contribution in [0.15, 0.2) is 53.7 Å². The highest BCUT2D eigenvalue weighted by Gasteiger charge is 2.23. The number of piperidine rings is 1. The first-order valence-electron chi connectivity index (χ1n) is 11.1. The minimum Gasteiger partial charge on any atom is -0.490 e. The number of nitrogens with zero attached hydrogens (tertiary/aromatic N) is 3. The number of aromatic nitrogens is 1. The minimum atomic E-state index is 0.120. The number of nitrogens with one attached hydrogen (secondary N) is 2. The third-order valence-corrected chi connectivity index (χ3v) is 5.47. The highest BCUT2D eigenvalue weighted by Crippen LogP contribution is 2.20. The van der Waals surface area contributed by atoms with Crippen LogP contribution in [0.2, 0.25) is 0 Å². The van der Waals surface area contributed by atoms with Crippen LogP contribution < -0.4 is 20.1 Å². The van der Waals surface area contributed by atoms with Crippen molar-refractivity contribution in [2.75, 3.05) is 40.4 Å². The molecule has 0 radical (unpaired) electrons. The van der Waals surface area contributed by atoms with Gasteiger partial charge in [0, 0.05) is 52.4 Å². The zero-order valence-corrected chi connectivity index (χ0v) is 18.9. The Balaban J connectivity index is 1.37. The molecule has 0 unspecified atom stereocenters. The van der Waals surface area contributed by atoms with Crippen LogP contribution in [-0.2, 0) is 11.3 Å². The van der Waals surface area contributed by atoms with Crippen LogP contribution in [-0.4, -0.2) is 62.1 Å². The molecule has 172 valence electrons. The van der Waals surface area contributed by atoms with Gasteiger partial charge < -0.3 is 25.0 Å². The van der Waals surface area contributed by atoms with Gasteiger partial charge >= 0.3 is 0 Å². The van der Waals surface area contributed by atoms with Crippen molar-refractivity contribution in [1.82, 2.24) is 20.5 Å². The van der Waals surface area contributed by atoms with Crippen LogP contribution in [0, 0.1) is 5.92 Å². The Morgan fingerprint density at radius 3 is 2.53 bits per heavy atom. The van der Waals surface area contributed by atoms with Crippen molar-refractivity contribution in [3.05, 3.63) is 54.2 Å². The molecule has 32 heavy (non-hydrogen) atoms. The molecule has 0 aliphatic carbocycles. The molecule has 1 aromatic heterocycles. The predicted octanol–water partition coefficient (Wildman–Crippen LogP) is 2.46. The van der Waals surface area contributed by atoms with Gasteiger partial charge in [-0.05, 0) is 36.5 Å². The number of guanidine groups is 1. The van der Waals surface area contributed by atoms with Crippen molar-refractivity contribution in [1.29, 1.82) is 0 Å². The molecule has 1 aliphatic rings. The molecule has 0 atom stereocenters. The number of hydrogen-bond donors (Lipinski definition) is 2. The molecule has 0 spiro atoms. The topological polar surface area (TPSA) is 88.1 Å². The van der Waals surface area contributed by atoms with E-state index in [-0.39, 0.29) is 5.91 Å². The Hall–Kier alpha value is -3.29. The molecule has 0 saturated carbocycles. The summed E-state index contributed by atoms with van der Waals surface area (Å²) in [6, 6.07) is 13.5. The lowest BCUT2D eigenvalue weighted by molar-refractivity contribution is -0.121. The summed E-state index contributed by atoms with van der Waals surface area (Å²) in [7, 11) is 3.49. The minimum absolute atomic E-state index is 0.120. The number of likely N-dealkylation sites (tertiary alicyclic amines) is 1. The maximum atomic E-state index is 11.6. The smallest absolute Gasteiger partial charge is 0.220 e. The summed E-state index contributed by atoms with van der Waals surface area (Å²) in [4.78, 5) is 22.6. The summed E-state index contributed by atoms with van der Waals surface area (Å²) in [5, 5.41) is 6.12. The van der Waals surface area contributed by atoms with Crippen LogP contribution in [0.5, 0.6) is 11.6 Å². The van der Waals surface area contributed by atoms with E-state index in [0.29, 0.717) is 38.0 Å². The zero-order valence-electron chi connectivity index (χ0n) is 18.9. The molecular weight excluding hydrogens is 406 g/mol. The summed E-state index contributed by atoms with van der Waals surface area (Å²) >= 11 is 0. The van der Waals surface area contributed by atoms with E-state index >= 15 is 0 Å². The van der Waals surface area contributed by atoms with Crippen LogP contribution in [0.1, 0.15) is 24.8 Å². The molecule has 1 amide bonds. The fourth-order valence-electron chi connectivity index (χ4n) is 3.65. The summed E-state index contributed by atoms with van der Waals surface area (Å²) in [5.41, 5.74) is 1.05. The monoisotopic (exact) mass is 439 g/mol. The van der Waals surface area contributed by atoms with E-state index in [0.717, 1.165) is 43.2 Å². The van der Waals surface area contributed by atoms with Gasteiger partial charge in [-0.1, -0.05) is 24.3 Å². The SMILES string of the molecule is CN=C(NCc1ccc(OCCOc2ccccc2)nc1)N1CCC(CC(=O)NC)CC1. The molecule has 2 aromatic rings. The fourth-order valence-corrected chi connectivity index (χ4v) is 3.65. The largest absolute Gasteiger partial charge is 0.490 e. The van der Waals surface area contributed by atoms with Crippen molar-refractivity contribution < 1.29 is 14.3 Å². The number of benzene rings is 1. The molecule has 3 rings (SSSR count). The first kappa shape index (κ1) is 23.4. The van der Waals surface area contributed by atoms with E-state index in [9.17, 15) is 4.79 Å². The van der Waals surface area contributed by atoms with E-state index in [1.807, 2.05) is 48.7 Å². The lowest BCUT2D eigenvalue weighted by Gasteiger charge is -2.34. The van der Waals surface area contributed by atoms with Crippen LogP contribution in [0.25, 0.3) is 0 Å². The Labute approximate surface area is 190 Å². The molecule has 1 saturated heterocycles. The van der Waals surface area contributed by atoms with Gasteiger partial charge in [-0.15, -0.1) is 0 Å². The number of ether oxygens (including phenoxy) is 2. The predicted molar refractivity (Wildman–Crippen MR) is 125 cm³/mol. The number of carbonyl (C=O) groups excluding carboxylic acids is 1. The fraction of sp³-hybridized carbons (Fsp3) is 0.458. The van der Waals surface area contributed by atoms with E-state index in [1.54, 1.807) is 14.1 Å². The Kier molecular flexibility index (Phi) is 9.16. The van der Waals surface area contributed by atoms with Crippen LogP contribution >= 0.6 is 0 Å². The Bertz CT molecular complexity index is 850. The van der Waals surface area contributed by atoms with Gasteiger partial charge in [0.15, 0.2) is 5.96 Å². The van der Waals surface area contributed by atoms with Crippen molar-refractivity contribution in [3.63, 3.8) is 0 Å². The van der Waals surface area contributed by atoms with Crippen molar-refractivity contribution >= 4 is 11.9 Å². The van der Waals surface area contributed by atoms with Crippen LogP contribution in [0.4, 0.5) is 0 Å².